The SMILES string of the molecule is CNc1cc(-c2cnnc(-c3cc(NC(=O)c4ccnc(C(F)F)c4)cnc3C)c2)ccn1. The van der Waals surface area contributed by atoms with Gasteiger partial charge in [0.2, 0.25) is 0 Å². The molecule has 0 aromatic carbocycles. The summed E-state index contributed by atoms with van der Waals surface area (Å²) < 4.78 is 25.8. The molecule has 2 N–H and O–H groups in total. The van der Waals surface area contributed by atoms with Crippen molar-refractivity contribution in [3.05, 3.63) is 78.1 Å². The van der Waals surface area contributed by atoms with E-state index in [1.165, 1.54) is 18.5 Å². The van der Waals surface area contributed by atoms with Gasteiger partial charge >= 0.3 is 0 Å². The first kappa shape index (κ1) is 21.9. The number of alkyl halides is 2. The van der Waals surface area contributed by atoms with Gasteiger partial charge in [0.05, 0.1) is 23.8 Å². The quantitative estimate of drug-likeness (QED) is 0.447. The largest absolute Gasteiger partial charge is 0.373 e. The molecule has 4 aromatic heterocycles. The summed E-state index contributed by atoms with van der Waals surface area (Å²) in [6.45, 7) is 1.82. The third-order valence-electron chi connectivity index (χ3n) is 4.89. The second-order valence-electron chi connectivity index (χ2n) is 7.09. The number of carbonyl (C=O) groups excluding carboxylic acids is 1. The Morgan fingerprint density at radius 1 is 0.970 bits per heavy atom. The number of halogens is 2. The van der Waals surface area contributed by atoms with Crippen molar-refractivity contribution < 1.29 is 13.6 Å². The highest BCUT2D eigenvalue weighted by molar-refractivity contribution is 6.04. The molecule has 166 valence electrons. The van der Waals surface area contributed by atoms with Gasteiger partial charge in [-0.25, -0.2) is 13.8 Å². The number of aryl methyl sites for hydroxylation is 1. The Morgan fingerprint density at radius 2 is 1.79 bits per heavy atom. The molecule has 0 saturated carbocycles. The smallest absolute Gasteiger partial charge is 0.280 e. The summed E-state index contributed by atoms with van der Waals surface area (Å²) in [4.78, 5) is 24.7. The molecule has 0 atom stereocenters. The second-order valence-corrected chi connectivity index (χ2v) is 7.09. The number of hydrogen-bond acceptors (Lipinski definition) is 7. The Hall–Kier alpha value is -4.34. The summed E-state index contributed by atoms with van der Waals surface area (Å²) in [5, 5.41) is 14.0. The maximum Gasteiger partial charge on any atom is 0.280 e. The fourth-order valence-electron chi connectivity index (χ4n) is 3.18. The molecule has 10 heteroatoms. The predicted molar refractivity (Wildman–Crippen MR) is 120 cm³/mol. The highest BCUT2D eigenvalue weighted by atomic mass is 19.3. The Bertz CT molecular complexity index is 1310. The van der Waals surface area contributed by atoms with Crippen molar-refractivity contribution in [3.63, 3.8) is 0 Å². The van der Waals surface area contributed by atoms with Crippen LogP contribution in [-0.2, 0) is 0 Å². The van der Waals surface area contributed by atoms with Crippen LogP contribution in [0.2, 0.25) is 0 Å². The number of hydrogen-bond donors (Lipinski definition) is 2. The molecule has 0 aliphatic heterocycles. The van der Waals surface area contributed by atoms with Crippen molar-refractivity contribution in [2.75, 3.05) is 17.7 Å². The van der Waals surface area contributed by atoms with E-state index in [4.69, 9.17) is 0 Å². The summed E-state index contributed by atoms with van der Waals surface area (Å²) >= 11 is 0. The van der Waals surface area contributed by atoms with Crippen LogP contribution in [0.15, 0.2) is 61.2 Å². The van der Waals surface area contributed by atoms with Crippen molar-refractivity contribution in [1.82, 2.24) is 25.1 Å². The Labute approximate surface area is 188 Å². The van der Waals surface area contributed by atoms with Gasteiger partial charge in [-0.3, -0.25) is 14.8 Å². The number of carbonyl (C=O) groups is 1. The van der Waals surface area contributed by atoms with Crippen LogP contribution in [0.3, 0.4) is 0 Å². The zero-order valence-electron chi connectivity index (χ0n) is 17.8. The van der Waals surface area contributed by atoms with Gasteiger partial charge in [-0.05, 0) is 48.9 Å². The Kier molecular flexibility index (Phi) is 6.25. The number of amides is 1. The van der Waals surface area contributed by atoms with Crippen molar-refractivity contribution in [2.45, 2.75) is 13.3 Å². The van der Waals surface area contributed by atoms with Gasteiger partial charge < -0.3 is 10.6 Å². The first-order valence-electron chi connectivity index (χ1n) is 9.94. The van der Waals surface area contributed by atoms with Gasteiger partial charge in [0, 0.05) is 41.8 Å². The van der Waals surface area contributed by atoms with Crippen molar-refractivity contribution in [3.8, 4) is 22.4 Å². The topological polar surface area (TPSA) is 106 Å². The molecule has 0 bridgehead atoms. The minimum Gasteiger partial charge on any atom is -0.373 e. The maximum absolute atomic E-state index is 12.9. The first-order chi connectivity index (χ1) is 15.9. The fourth-order valence-corrected chi connectivity index (χ4v) is 3.18. The van der Waals surface area contributed by atoms with E-state index in [9.17, 15) is 13.6 Å². The lowest BCUT2D eigenvalue weighted by atomic mass is 10.0. The predicted octanol–water partition coefficient (Wildman–Crippen LogP) is 4.54. The van der Waals surface area contributed by atoms with E-state index in [1.54, 1.807) is 25.5 Å². The highest BCUT2D eigenvalue weighted by Gasteiger charge is 2.15. The standard InChI is InChI=1S/C23H19F2N7O/c1-13-18(19-8-16(11-30-32-19)14-3-6-28-21(9-14)26-2)10-17(12-29-13)31-23(33)15-4-5-27-20(7-15)22(24)25/h3-12,22H,1-2H3,(H,26,28)(H,31,33). The van der Waals surface area contributed by atoms with Crippen LogP contribution in [0.5, 0.6) is 0 Å². The minimum absolute atomic E-state index is 0.0715. The molecule has 33 heavy (non-hydrogen) atoms. The molecule has 0 fully saturated rings. The summed E-state index contributed by atoms with van der Waals surface area (Å²) in [6, 6.07) is 9.78. The second kappa shape index (κ2) is 9.43. The maximum atomic E-state index is 12.9. The van der Waals surface area contributed by atoms with Gasteiger partial charge in [-0.1, -0.05) is 0 Å². The fraction of sp³-hybridized carbons (Fsp3) is 0.130. The van der Waals surface area contributed by atoms with E-state index < -0.39 is 18.0 Å². The molecule has 0 unspecified atom stereocenters. The third kappa shape index (κ3) is 4.95. The number of anilines is 2. The minimum atomic E-state index is -2.76. The average molecular weight is 447 g/mol. The third-order valence-corrected chi connectivity index (χ3v) is 4.89. The zero-order chi connectivity index (χ0) is 23.4. The lowest BCUT2D eigenvalue weighted by Gasteiger charge is -2.11. The number of nitrogens with one attached hydrogen (secondary N) is 2. The van der Waals surface area contributed by atoms with Crippen molar-refractivity contribution >= 4 is 17.4 Å². The van der Waals surface area contributed by atoms with Crippen LogP contribution in [0.4, 0.5) is 20.3 Å². The number of aromatic nitrogens is 5. The van der Waals surface area contributed by atoms with Gasteiger partial charge in [-0.2, -0.15) is 10.2 Å². The molecule has 1 amide bonds. The number of rotatable bonds is 6. The van der Waals surface area contributed by atoms with Crippen LogP contribution in [0.1, 0.15) is 28.2 Å². The van der Waals surface area contributed by atoms with E-state index in [1.807, 2.05) is 25.1 Å². The summed E-state index contributed by atoms with van der Waals surface area (Å²) in [5.41, 5.74) is 3.68. The molecule has 4 rings (SSSR count). The lowest BCUT2D eigenvalue weighted by molar-refractivity contribution is 0.102. The summed E-state index contributed by atoms with van der Waals surface area (Å²) in [5.74, 6) is 0.173. The lowest BCUT2D eigenvalue weighted by Crippen LogP contribution is -2.13. The zero-order valence-corrected chi connectivity index (χ0v) is 17.8. The summed E-state index contributed by atoms with van der Waals surface area (Å²) in [6.07, 6.45) is 3.25. The normalized spacial score (nSPS) is 10.8. The monoisotopic (exact) mass is 447 g/mol. The molecule has 4 aromatic rings. The van der Waals surface area contributed by atoms with Gasteiger partial charge in [-0.15, -0.1) is 0 Å². The Morgan fingerprint density at radius 3 is 2.58 bits per heavy atom. The van der Waals surface area contributed by atoms with Gasteiger partial charge in [0.1, 0.15) is 11.5 Å². The molecule has 8 nitrogen and oxygen atoms in total. The molecule has 0 radical (unpaired) electrons. The number of pyridine rings is 3. The van der Waals surface area contributed by atoms with E-state index in [0.717, 1.165) is 23.0 Å². The highest BCUT2D eigenvalue weighted by Crippen LogP contribution is 2.28. The van der Waals surface area contributed by atoms with Crippen LogP contribution in [-0.4, -0.2) is 38.1 Å². The van der Waals surface area contributed by atoms with E-state index in [-0.39, 0.29) is 5.56 Å². The number of nitrogens with zero attached hydrogens (tertiary/aromatic N) is 5. The first-order valence-corrected chi connectivity index (χ1v) is 9.94. The van der Waals surface area contributed by atoms with Gasteiger partial charge in [0.25, 0.3) is 12.3 Å². The van der Waals surface area contributed by atoms with Gasteiger partial charge in [0.15, 0.2) is 0 Å². The van der Waals surface area contributed by atoms with Crippen molar-refractivity contribution in [2.24, 2.45) is 0 Å². The molecule has 0 saturated heterocycles. The van der Waals surface area contributed by atoms with E-state index in [0.29, 0.717) is 22.6 Å². The van der Waals surface area contributed by atoms with Crippen LogP contribution in [0.25, 0.3) is 22.4 Å². The molecular weight excluding hydrogens is 428 g/mol. The van der Waals surface area contributed by atoms with Crippen molar-refractivity contribution in [1.29, 1.82) is 0 Å². The van der Waals surface area contributed by atoms with Crippen LogP contribution < -0.4 is 10.6 Å². The molecule has 0 aliphatic rings. The molecule has 4 heterocycles. The summed E-state index contributed by atoms with van der Waals surface area (Å²) in [7, 11) is 1.79. The molecule has 0 spiro atoms. The molecule has 0 aliphatic carbocycles. The Balaban J connectivity index is 1.63. The average Bonchev–Trinajstić information content (AvgIpc) is 2.85. The van der Waals surface area contributed by atoms with E-state index in [2.05, 4.69) is 35.8 Å². The van der Waals surface area contributed by atoms with E-state index >= 15 is 0 Å². The van der Waals surface area contributed by atoms with Crippen LogP contribution in [0, 0.1) is 6.92 Å². The van der Waals surface area contributed by atoms with Crippen LogP contribution >= 0.6 is 0 Å². The molecular formula is C23H19F2N7O.